The van der Waals surface area contributed by atoms with Gasteiger partial charge in [0, 0.05) is 23.7 Å². The zero-order valence-corrected chi connectivity index (χ0v) is 17.1. The third kappa shape index (κ3) is 3.17. The van der Waals surface area contributed by atoms with Gasteiger partial charge in [-0.05, 0) is 62.9 Å². The predicted molar refractivity (Wildman–Crippen MR) is 112 cm³/mol. The van der Waals surface area contributed by atoms with Gasteiger partial charge in [-0.15, -0.1) is 0 Å². The van der Waals surface area contributed by atoms with Gasteiger partial charge in [-0.1, -0.05) is 11.6 Å². The van der Waals surface area contributed by atoms with Crippen LogP contribution in [0.15, 0.2) is 36.5 Å². The van der Waals surface area contributed by atoms with Crippen molar-refractivity contribution >= 4 is 34.1 Å². The first-order chi connectivity index (χ1) is 14.0. The monoisotopic (exact) mass is 408 g/mol. The summed E-state index contributed by atoms with van der Waals surface area (Å²) in [5.41, 5.74) is 5.32. The Kier molecular flexibility index (Phi) is 4.32. The fourth-order valence-corrected chi connectivity index (χ4v) is 3.94. The van der Waals surface area contributed by atoms with Gasteiger partial charge in [-0.2, -0.15) is 5.10 Å². The van der Waals surface area contributed by atoms with Crippen LogP contribution in [0.5, 0.6) is 0 Å². The van der Waals surface area contributed by atoms with Crippen LogP contribution in [0, 0.1) is 12.8 Å². The molecule has 0 N–H and O–H groups in total. The molecule has 0 aromatic carbocycles. The number of ether oxygens (including phenoxy) is 1. The lowest BCUT2D eigenvalue weighted by molar-refractivity contribution is 0.0525. The zero-order chi connectivity index (χ0) is 20.1. The number of hydrogen-bond acceptors (Lipinski definition) is 4. The second-order valence-electron chi connectivity index (χ2n) is 7.57. The molecule has 29 heavy (non-hydrogen) atoms. The molecule has 0 saturated heterocycles. The molecule has 0 atom stereocenters. The largest absolute Gasteiger partial charge is 0.462 e. The van der Waals surface area contributed by atoms with E-state index in [2.05, 4.69) is 22.5 Å². The number of carbonyl (C=O) groups is 1. The van der Waals surface area contributed by atoms with Crippen molar-refractivity contribution in [3.05, 3.63) is 52.8 Å². The summed E-state index contributed by atoms with van der Waals surface area (Å²) in [7, 11) is 0. The first-order valence-electron chi connectivity index (χ1n) is 9.87. The van der Waals surface area contributed by atoms with E-state index in [1.165, 1.54) is 12.8 Å². The van der Waals surface area contributed by atoms with Gasteiger partial charge in [-0.25, -0.2) is 14.3 Å². The number of aromatic nitrogens is 4. The first kappa shape index (κ1) is 18.2. The highest BCUT2D eigenvalue weighted by molar-refractivity contribution is 6.29. The lowest BCUT2D eigenvalue weighted by Gasteiger charge is -2.08. The number of rotatable bonds is 5. The van der Waals surface area contributed by atoms with Gasteiger partial charge >= 0.3 is 5.97 Å². The maximum atomic E-state index is 12.1. The molecule has 0 unspecified atom stereocenters. The van der Waals surface area contributed by atoms with Crippen LogP contribution >= 0.6 is 11.6 Å². The molecule has 4 heterocycles. The summed E-state index contributed by atoms with van der Waals surface area (Å²) in [5.74, 6) is 0.337. The number of nitrogens with zero attached hydrogens (tertiary/aromatic N) is 4. The minimum atomic E-state index is -0.342. The summed E-state index contributed by atoms with van der Waals surface area (Å²) in [4.78, 5) is 16.7. The third-order valence-corrected chi connectivity index (χ3v) is 5.69. The number of halogens is 1. The molecule has 1 saturated carbocycles. The van der Waals surface area contributed by atoms with E-state index >= 15 is 0 Å². The average Bonchev–Trinajstić information content (AvgIpc) is 3.39. The SMILES string of the molecule is CCOC(=O)c1ccc2c(C)c(-c3cc4ccc(Cl)nc4n3CC3CC3)nn2c1. The van der Waals surface area contributed by atoms with E-state index in [-0.39, 0.29) is 5.97 Å². The number of aryl methyl sites for hydroxylation is 1. The molecular formula is C22H21ClN4O2. The molecular weight excluding hydrogens is 388 g/mol. The molecule has 4 aromatic rings. The molecule has 1 fully saturated rings. The minimum absolute atomic E-state index is 0.342. The molecule has 1 aliphatic rings. The van der Waals surface area contributed by atoms with Gasteiger partial charge in [0.15, 0.2) is 0 Å². The number of carbonyl (C=O) groups excluding carboxylic acids is 1. The maximum absolute atomic E-state index is 12.1. The number of pyridine rings is 2. The molecule has 6 nitrogen and oxygen atoms in total. The van der Waals surface area contributed by atoms with Crippen LogP contribution in [0.1, 0.15) is 35.7 Å². The number of fused-ring (bicyclic) bond motifs is 2. The van der Waals surface area contributed by atoms with Crippen molar-refractivity contribution in [2.75, 3.05) is 6.61 Å². The van der Waals surface area contributed by atoms with Gasteiger partial charge in [0.05, 0.1) is 23.4 Å². The molecule has 0 aliphatic heterocycles. The predicted octanol–water partition coefficient (Wildman–Crippen LogP) is 4.90. The second kappa shape index (κ2) is 6.88. The quantitative estimate of drug-likeness (QED) is 0.348. The summed E-state index contributed by atoms with van der Waals surface area (Å²) >= 11 is 6.18. The lowest BCUT2D eigenvalue weighted by atomic mass is 10.1. The van der Waals surface area contributed by atoms with Crippen molar-refractivity contribution in [3.63, 3.8) is 0 Å². The first-order valence-corrected chi connectivity index (χ1v) is 10.2. The van der Waals surface area contributed by atoms with E-state index in [9.17, 15) is 4.79 Å². The molecule has 0 radical (unpaired) electrons. The minimum Gasteiger partial charge on any atom is -0.462 e. The topological polar surface area (TPSA) is 61.4 Å². The molecule has 7 heteroatoms. The van der Waals surface area contributed by atoms with E-state index < -0.39 is 0 Å². The van der Waals surface area contributed by atoms with Crippen LogP contribution in [-0.2, 0) is 11.3 Å². The van der Waals surface area contributed by atoms with Crippen LogP contribution < -0.4 is 0 Å². The van der Waals surface area contributed by atoms with Gasteiger partial charge in [0.2, 0.25) is 0 Å². The number of hydrogen-bond donors (Lipinski definition) is 0. The summed E-state index contributed by atoms with van der Waals surface area (Å²) in [6, 6.07) is 9.65. The van der Waals surface area contributed by atoms with Gasteiger partial charge in [0.25, 0.3) is 0 Å². The molecule has 0 amide bonds. The van der Waals surface area contributed by atoms with Gasteiger partial charge < -0.3 is 9.30 Å². The summed E-state index contributed by atoms with van der Waals surface area (Å²) < 4.78 is 9.11. The van der Waals surface area contributed by atoms with E-state index in [1.807, 2.05) is 18.2 Å². The molecule has 5 rings (SSSR count). The Hall–Kier alpha value is -2.86. The highest BCUT2D eigenvalue weighted by Crippen LogP contribution is 2.36. The summed E-state index contributed by atoms with van der Waals surface area (Å²) in [6.45, 7) is 5.11. The zero-order valence-electron chi connectivity index (χ0n) is 16.4. The van der Waals surface area contributed by atoms with E-state index in [1.54, 1.807) is 23.7 Å². The van der Waals surface area contributed by atoms with Crippen molar-refractivity contribution in [2.45, 2.75) is 33.2 Å². The van der Waals surface area contributed by atoms with Crippen LogP contribution in [0.25, 0.3) is 27.9 Å². The Morgan fingerprint density at radius 3 is 2.86 bits per heavy atom. The molecule has 0 bridgehead atoms. The van der Waals surface area contributed by atoms with E-state index in [0.717, 1.165) is 40.0 Å². The van der Waals surface area contributed by atoms with Crippen LogP contribution in [0.2, 0.25) is 5.15 Å². The lowest BCUT2D eigenvalue weighted by Crippen LogP contribution is -2.06. The van der Waals surface area contributed by atoms with Crippen LogP contribution in [0.4, 0.5) is 0 Å². The van der Waals surface area contributed by atoms with Gasteiger partial charge in [-0.3, -0.25) is 0 Å². The molecule has 148 valence electrons. The Morgan fingerprint density at radius 2 is 2.10 bits per heavy atom. The van der Waals surface area contributed by atoms with Crippen molar-refractivity contribution in [2.24, 2.45) is 5.92 Å². The second-order valence-corrected chi connectivity index (χ2v) is 7.96. The summed E-state index contributed by atoms with van der Waals surface area (Å²) in [5, 5.41) is 6.36. The Bertz CT molecular complexity index is 1250. The van der Waals surface area contributed by atoms with Crippen molar-refractivity contribution < 1.29 is 9.53 Å². The summed E-state index contributed by atoms with van der Waals surface area (Å²) in [6.07, 6.45) is 4.21. The van der Waals surface area contributed by atoms with Crippen molar-refractivity contribution in [3.8, 4) is 11.4 Å². The highest BCUT2D eigenvalue weighted by atomic mass is 35.5. The maximum Gasteiger partial charge on any atom is 0.339 e. The molecule has 4 aromatic heterocycles. The van der Waals surface area contributed by atoms with Crippen molar-refractivity contribution in [1.29, 1.82) is 0 Å². The smallest absolute Gasteiger partial charge is 0.339 e. The van der Waals surface area contributed by atoms with E-state index in [4.69, 9.17) is 21.4 Å². The fourth-order valence-electron chi connectivity index (χ4n) is 3.80. The van der Waals surface area contributed by atoms with Gasteiger partial charge in [0.1, 0.15) is 16.5 Å². The van der Waals surface area contributed by atoms with Crippen LogP contribution in [0.3, 0.4) is 0 Å². The van der Waals surface area contributed by atoms with Crippen LogP contribution in [-0.4, -0.2) is 31.7 Å². The molecule has 0 spiro atoms. The standard InChI is InChI=1S/C22H21ClN4O2/c1-3-29-22(28)16-6-8-17-13(2)20(25-27(17)12-16)18-10-15-7-9-19(23)24-21(15)26(18)11-14-4-5-14/h6-10,12,14H,3-5,11H2,1-2H3. The Balaban J connectivity index is 1.67. The molecule has 1 aliphatic carbocycles. The Labute approximate surface area is 173 Å². The normalized spacial score (nSPS) is 14.0. The average molecular weight is 409 g/mol. The number of esters is 1. The van der Waals surface area contributed by atoms with Crippen molar-refractivity contribution in [1.82, 2.24) is 19.2 Å². The highest BCUT2D eigenvalue weighted by Gasteiger charge is 2.26. The third-order valence-electron chi connectivity index (χ3n) is 5.48. The Morgan fingerprint density at radius 1 is 1.28 bits per heavy atom. The van der Waals surface area contributed by atoms with E-state index in [0.29, 0.717) is 23.2 Å². The fraction of sp³-hybridized carbons (Fsp3) is 0.318.